The van der Waals surface area contributed by atoms with Crippen LogP contribution in [0, 0.1) is 0 Å². The Bertz CT molecular complexity index is 2010. The highest BCUT2D eigenvalue weighted by Gasteiger charge is 2.31. The van der Waals surface area contributed by atoms with Crippen LogP contribution in [0.1, 0.15) is 316 Å². The van der Waals surface area contributed by atoms with Gasteiger partial charge < -0.3 is 0 Å². The molecule has 0 atom stereocenters. The maximum Gasteiger partial charge on any atom is -0.0129 e. The van der Waals surface area contributed by atoms with E-state index in [0.717, 1.165) is 0 Å². The van der Waals surface area contributed by atoms with Crippen molar-refractivity contribution in [2.75, 3.05) is 0 Å². The smallest absolute Gasteiger partial charge is 0.0129 e. The van der Waals surface area contributed by atoms with Crippen LogP contribution in [0.5, 0.6) is 0 Å². The Labute approximate surface area is 451 Å². The van der Waals surface area contributed by atoms with E-state index in [9.17, 15) is 0 Å². The highest BCUT2D eigenvalue weighted by Crippen LogP contribution is 2.41. The molecule has 0 spiro atoms. The molecule has 0 amide bonds. The first-order chi connectivity index (χ1) is 31.3. The van der Waals surface area contributed by atoms with Crippen molar-refractivity contribution in [1.82, 2.24) is 0 Å². The third kappa shape index (κ3) is 19.9. The van der Waals surface area contributed by atoms with Crippen LogP contribution in [0.3, 0.4) is 0 Å². The van der Waals surface area contributed by atoms with E-state index in [0.29, 0.717) is 0 Å². The summed E-state index contributed by atoms with van der Waals surface area (Å²) in [5, 5.41) is 0. The van der Waals surface area contributed by atoms with E-state index in [1.807, 2.05) is 0 Å². The average molecular weight is 986 g/mol. The fourth-order valence-electron chi connectivity index (χ4n) is 9.14. The molecule has 0 aliphatic carbocycles. The Hall–Kier alpha value is -3.12. The van der Waals surface area contributed by atoms with Gasteiger partial charge in [-0.15, -0.1) is 0 Å². The standard InChI is InChI=1S/4C18H30/c4*1-16(2,3)13-10-11-14(17(4,5)6)15(12-13)18(7,8)9/h4*10-12H,1-9H3. The summed E-state index contributed by atoms with van der Waals surface area (Å²) in [6.45, 7) is 82.7. The van der Waals surface area contributed by atoms with Crippen molar-refractivity contribution in [3.05, 3.63) is 140 Å². The normalized spacial score (nSPS) is 13.8. The molecule has 0 aliphatic heterocycles. The molecule has 0 unspecified atom stereocenters. The monoisotopic (exact) mass is 985 g/mol. The number of benzene rings is 4. The first-order valence-electron chi connectivity index (χ1n) is 28.0. The molecule has 0 aromatic heterocycles. The zero-order chi connectivity index (χ0) is 57.4. The van der Waals surface area contributed by atoms with Crippen molar-refractivity contribution < 1.29 is 0 Å². The minimum atomic E-state index is 0.198. The van der Waals surface area contributed by atoms with Gasteiger partial charge in [0.1, 0.15) is 0 Å². The van der Waals surface area contributed by atoms with Gasteiger partial charge in [0.15, 0.2) is 0 Å². The molecule has 408 valence electrons. The largest absolute Gasteiger partial charge is 0.0582 e. The second-order valence-electron chi connectivity index (χ2n) is 34.0. The molecule has 4 rings (SSSR count). The van der Waals surface area contributed by atoms with Crippen molar-refractivity contribution in [2.24, 2.45) is 0 Å². The van der Waals surface area contributed by atoms with Crippen LogP contribution in [0.15, 0.2) is 72.8 Å². The lowest BCUT2D eigenvalue weighted by Crippen LogP contribution is -2.23. The Morgan fingerprint density at radius 2 is 0.250 bits per heavy atom. The molecular weight excluding hydrogens is 865 g/mol. The lowest BCUT2D eigenvalue weighted by molar-refractivity contribution is 0.523. The van der Waals surface area contributed by atoms with Crippen molar-refractivity contribution in [2.45, 2.75) is 314 Å². The Kier molecular flexibility index (Phi) is 20.6. The molecule has 0 saturated carbocycles. The van der Waals surface area contributed by atoms with Gasteiger partial charge in [-0.1, -0.05) is 322 Å². The predicted molar refractivity (Wildman–Crippen MR) is 330 cm³/mol. The van der Waals surface area contributed by atoms with E-state index < -0.39 is 0 Å². The van der Waals surface area contributed by atoms with Crippen LogP contribution in [0.25, 0.3) is 0 Å². The number of hydrogen-bond acceptors (Lipinski definition) is 0. The molecule has 0 radical (unpaired) electrons. The van der Waals surface area contributed by atoms with E-state index in [1.165, 1.54) is 66.8 Å². The van der Waals surface area contributed by atoms with Gasteiger partial charge in [0.05, 0.1) is 0 Å². The average Bonchev–Trinajstić information content (AvgIpc) is 3.13. The molecule has 0 bridgehead atoms. The van der Waals surface area contributed by atoms with Crippen LogP contribution < -0.4 is 0 Å². The van der Waals surface area contributed by atoms with Gasteiger partial charge in [0, 0.05) is 0 Å². The van der Waals surface area contributed by atoms with Gasteiger partial charge in [-0.3, -0.25) is 0 Å². The topological polar surface area (TPSA) is 0 Å². The molecule has 4 aromatic carbocycles. The van der Waals surface area contributed by atoms with E-state index in [1.54, 1.807) is 0 Å². The third-order valence-electron chi connectivity index (χ3n) is 14.0. The molecule has 0 N–H and O–H groups in total. The molecule has 0 fully saturated rings. The molecule has 0 saturated heterocycles. The number of rotatable bonds is 0. The molecular formula is C72H120. The highest BCUT2D eigenvalue weighted by atomic mass is 14.4. The van der Waals surface area contributed by atoms with Crippen LogP contribution in [0.4, 0.5) is 0 Å². The lowest BCUT2D eigenvalue weighted by Gasteiger charge is -2.32. The zero-order valence-corrected chi connectivity index (χ0v) is 54.9. The SMILES string of the molecule is CC(C)(C)c1ccc(C(C)(C)C)c(C(C)(C)C)c1.CC(C)(C)c1ccc(C(C)(C)C)c(C(C)(C)C)c1.CC(C)(C)c1ccc(C(C)(C)C)c(C(C)(C)C)c1.CC(C)(C)c1ccc(C(C)(C)C)c(C(C)(C)C)c1. The summed E-state index contributed by atoms with van der Waals surface area (Å²) in [5.74, 6) is 0. The summed E-state index contributed by atoms with van der Waals surface area (Å²) in [6, 6.07) is 28.2. The van der Waals surface area contributed by atoms with E-state index in [-0.39, 0.29) is 65.0 Å². The molecule has 0 heteroatoms. The zero-order valence-electron chi connectivity index (χ0n) is 54.9. The van der Waals surface area contributed by atoms with Gasteiger partial charge >= 0.3 is 0 Å². The maximum absolute atomic E-state index is 2.42. The summed E-state index contributed by atoms with van der Waals surface area (Å²) in [6.07, 6.45) is 0. The molecule has 0 aliphatic rings. The third-order valence-corrected chi connectivity index (χ3v) is 14.0. The highest BCUT2D eigenvalue weighted by molar-refractivity contribution is 5.46. The van der Waals surface area contributed by atoms with Gasteiger partial charge in [-0.2, -0.15) is 0 Å². The molecule has 4 aromatic rings. The van der Waals surface area contributed by atoms with Crippen LogP contribution in [-0.2, 0) is 65.0 Å². The van der Waals surface area contributed by atoms with E-state index >= 15 is 0 Å². The van der Waals surface area contributed by atoms with E-state index in [4.69, 9.17) is 0 Å². The van der Waals surface area contributed by atoms with E-state index in [2.05, 4.69) is 322 Å². The Morgan fingerprint density at radius 1 is 0.139 bits per heavy atom. The summed E-state index contributed by atoms with van der Waals surface area (Å²) < 4.78 is 0. The summed E-state index contributed by atoms with van der Waals surface area (Å²) in [4.78, 5) is 0. The van der Waals surface area contributed by atoms with Crippen LogP contribution in [0.2, 0.25) is 0 Å². The Balaban J connectivity index is 0.000000480. The fourth-order valence-corrected chi connectivity index (χ4v) is 9.14. The van der Waals surface area contributed by atoms with Gasteiger partial charge in [-0.05, 0) is 132 Å². The second-order valence-corrected chi connectivity index (χ2v) is 34.0. The molecule has 72 heavy (non-hydrogen) atoms. The number of hydrogen-bond donors (Lipinski definition) is 0. The van der Waals surface area contributed by atoms with Crippen molar-refractivity contribution in [1.29, 1.82) is 0 Å². The molecule has 0 nitrogen and oxygen atoms in total. The van der Waals surface area contributed by atoms with Crippen LogP contribution >= 0.6 is 0 Å². The second kappa shape index (κ2) is 22.2. The van der Waals surface area contributed by atoms with Crippen molar-refractivity contribution in [3.8, 4) is 0 Å². The summed E-state index contributed by atoms with van der Waals surface area (Å²) >= 11 is 0. The van der Waals surface area contributed by atoms with Crippen LogP contribution in [-0.4, -0.2) is 0 Å². The minimum Gasteiger partial charge on any atom is -0.0582 e. The maximum atomic E-state index is 2.42. The van der Waals surface area contributed by atoms with Crippen molar-refractivity contribution in [3.63, 3.8) is 0 Å². The first-order valence-corrected chi connectivity index (χ1v) is 28.0. The van der Waals surface area contributed by atoms with Gasteiger partial charge in [-0.25, -0.2) is 0 Å². The summed E-state index contributed by atoms with van der Waals surface area (Å²) in [7, 11) is 0. The summed E-state index contributed by atoms with van der Waals surface area (Å²) in [5.41, 5.74) is 20.1. The van der Waals surface area contributed by atoms with Gasteiger partial charge in [0.25, 0.3) is 0 Å². The lowest BCUT2D eigenvalue weighted by atomic mass is 9.73. The predicted octanol–water partition coefficient (Wildman–Crippen LogP) is 22.3. The minimum absolute atomic E-state index is 0.198. The quantitative estimate of drug-likeness (QED) is 0.165. The van der Waals surface area contributed by atoms with Crippen molar-refractivity contribution >= 4 is 0 Å². The fraction of sp³-hybridized carbons (Fsp3) is 0.667. The first kappa shape index (κ1) is 66.9. The van der Waals surface area contributed by atoms with Gasteiger partial charge in [0.2, 0.25) is 0 Å². The molecule has 0 heterocycles. The Morgan fingerprint density at radius 3 is 0.333 bits per heavy atom.